The van der Waals surface area contributed by atoms with Crippen molar-refractivity contribution in [1.82, 2.24) is 4.57 Å². The average molecular weight is 717 g/mol. The van der Waals surface area contributed by atoms with Gasteiger partial charge in [-0.15, -0.1) is 0 Å². The van der Waals surface area contributed by atoms with Gasteiger partial charge in [0.1, 0.15) is 0 Å². The highest BCUT2D eigenvalue weighted by atomic mass is 15.1. The van der Waals surface area contributed by atoms with Gasteiger partial charge >= 0.3 is 0 Å². The number of hydrogen-bond acceptors (Lipinski definition) is 1. The van der Waals surface area contributed by atoms with E-state index >= 15 is 0 Å². The van der Waals surface area contributed by atoms with Crippen LogP contribution in [0.3, 0.4) is 0 Å². The molecule has 0 aliphatic heterocycles. The molecule has 2 heteroatoms. The molecule has 0 amide bonds. The fraction of sp³-hybridized carbons (Fsp3) is 0.0741. The van der Waals surface area contributed by atoms with Crippen LogP contribution in [0.2, 0.25) is 0 Å². The Bertz CT molecular complexity index is 2910. The van der Waals surface area contributed by atoms with Gasteiger partial charge in [0.15, 0.2) is 0 Å². The lowest BCUT2D eigenvalue weighted by Gasteiger charge is -2.28. The Kier molecular flexibility index (Phi) is 8.75. The first kappa shape index (κ1) is 33.5. The third-order valence-corrected chi connectivity index (χ3v) is 11.2. The molecule has 266 valence electrons. The number of anilines is 3. The summed E-state index contributed by atoms with van der Waals surface area (Å²) in [6.45, 7) is 0. The number of rotatable bonds is 7. The molecule has 7 aromatic carbocycles. The molecule has 1 aromatic heterocycles. The van der Waals surface area contributed by atoms with E-state index in [4.69, 9.17) is 0 Å². The van der Waals surface area contributed by atoms with Crippen LogP contribution in [-0.2, 0) is 0 Å². The zero-order valence-corrected chi connectivity index (χ0v) is 31.1. The van der Waals surface area contributed by atoms with E-state index in [2.05, 4.69) is 222 Å². The van der Waals surface area contributed by atoms with Crippen molar-refractivity contribution in [2.24, 2.45) is 5.92 Å². The Morgan fingerprint density at radius 1 is 0.518 bits per heavy atom. The minimum absolute atomic E-state index is 0.288. The lowest BCUT2D eigenvalue weighted by Crippen LogP contribution is -2.11. The van der Waals surface area contributed by atoms with E-state index in [-0.39, 0.29) is 5.92 Å². The molecule has 2 aliphatic carbocycles. The Morgan fingerprint density at radius 2 is 1.12 bits per heavy atom. The average Bonchev–Trinajstić information content (AvgIpc) is 3.59. The summed E-state index contributed by atoms with van der Waals surface area (Å²) in [4.78, 5) is 2.42. The second-order valence-electron chi connectivity index (χ2n) is 14.5. The number of fused-ring (bicyclic) bond motifs is 5. The van der Waals surface area contributed by atoms with E-state index < -0.39 is 0 Å². The van der Waals surface area contributed by atoms with Crippen molar-refractivity contribution in [3.8, 4) is 34.1 Å². The Hall–Kier alpha value is -7.08. The molecular formula is C54H40N2. The lowest BCUT2D eigenvalue weighted by atomic mass is 9.89. The van der Waals surface area contributed by atoms with Crippen LogP contribution in [0.1, 0.15) is 19.3 Å². The van der Waals surface area contributed by atoms with Crippen molar-refractivity contribution in [3.63, 3.8) is 0 Å². The summed E-state index contributed by atoms with van der Waals surface area (Å²) in [5, 5.41) is 4.97. The van der Waals surface area contributed by atoms with Gasteiger partial charge in [-0.25, -0.2) is 0 Å². The minimum atomic E-state index is 0.288. The third kappa shape index (κ3) is 6.05. The number of benzene rings is 7. The molecule has 10 rings (SSSR count). The van der Waals surface area contributed by atoms with Crippen molar-refractivity contribution < 1.29 is 0 Å². The van der Waals surface area contributed by atoms with Crippen LogP contribution >= 0.6 is 0 Å². The normalized spacial score (nSPS) is 17.0. The largest absolute Gasteiger partial charge is 0.312 e. The molecule has 1 atom stereocenters. The molecule has 0 bridgehead atoms. The quantitative estimate of drug-likeness (QED) is 0.149. The molecule has 1 unspecified atom stereocenters. The highest BCUT2D eigenvalue weighted by Gasteiger charge is 2.24. The maximum Gasteiger partial charge on any atom is 0.0565 e. The first-order chi connectivity index (χ1) is 27.8. The van der Waals surface area contributed by atoms with Gasteiger partial charge < -0.3 is 9.47 Å². The molecule has 2 aliphatic rings. The molecule has 0 radical (unpaired) electrons. The van der Waals surface area contributed by atoms with Crippen molar-refractivity contribution in [2.75, 3.05) is 4.90 Å². The summed E-state index contributed by atoms with van der Waals surface area (Å²) in [6, 6.07) is 59.5. The second-order valence-corrected chi connectivity index (χ2v) is 14.5. The van der Waals surface area contributed by atoms with Crippen molar-refractivity contribution in [1.29, 1.82) is 0 Å². The topological polar surface area (TPSA) is 8.17 Å². The van der Waals surface area contributed by atoms with Crippen LogP contribution in [0.4, 0.5) is 17.1 Å². The van der Waals surface area contributed by atoms with Gasteiger partial charge in [0.2, 0.25) is 0 Å². The van der Waals surface area contributed by atoms with Gasteiger partial charge in [0, 0.05) is 45.6 Å². The van der Waals surface area contributed by atoms with E-state index in [1.807, 2.05) is 0 Å². The highest BCUT2D eigenvalue weighted by Crippen LogP contribution is 2.46. The molecular weight excluding hydrogens is 677 g/mol. The fourth-order valence-electron chi connectivity index (χ4n) is 8.60. The van der Waals surface area contributed by atoms with E-state index in [1.165, 1.54) is 66.1 Å². The molecule has 0 saturated heterocycles. The lowest BCUT2D eigenvalue weighted by molar-refractivity contribution is 0.779. The maximum absolute atomic E-state index is 3.55. The van der Waals surface area contributed by atoms with Gasteiger partial charge in [-0.05, 0) is 76.0 Å². The van der Waals surface area contributed by atoms with Gasteiger partial charge in [0.25, 0.3) is 0 Å². The molecule has 1 heterocycles. The van der Waals surface area contributed by atoms with Gasteiger partial charge in [-0.1, -0.05) is 176 Å². The fourth-order valence-corrected chi connectivity index (χ4v) is 8.60. The monoisotopic (exact) mass is 716 g/mol. The van der Waals surface area contributed by atoms with Crippen LogP contribution < -0.4 is 4.90 Å². The molecule has 0 fully saturated rings. The van der Waals surface area contributed by atoms with E-state index in [0.29, 0.717) is 6.42 Å². The number of aromatic nitrogens is 1. The van der Waals surface area contributed by atoms with Crippen molar-refractivity contribution in [2.45, 2.75) is 19.3 Å². The second kappa shape index (κ2) is 14.6. The van der Waals surface area contributed by atoms with Crippen LogP contribution in [-0.4, -0.2) is 4.57 Å². The Balaban J connectivity index is 1.18. The smallest absolute Gasteiger partial charge is 0.0565 e. The number of nitrogens with zero attached hydrogens (tertiary/aromatic N) is 2. The zero-order chi connectivity index (χ0) is 37.3. The molecule has 0 saturated carbocycles. The van der Waals surface area contributed by atoms with E-state index in [0.717, 1.165) is 29.9 Å². The summed E-state index contributed by atoms with van der Waals surface area (Å²) in [7, 11) is 0. The molecule has 0 N–H and O–H groups in total. The minimum Gasteiger partial charge on any atom is -0.312 e. The number of para-hydroxylation sites is 2. The molecule has 2 nitrogen and oxygen atoms in total. The summed E-state index contributed by atoms with van der Waals surface area (Å²) in [6.07, 6.45) is 16.0. The van der Waals surface area contributed by atoms with Crippen LogP contribution in [0.15, 0.2) is 206 Å². The molecule has 0 spiro atoms. The van der Waals surface area contributed by atoms with Crippen molar-refractivity contribution in [3.05, 3.63) is 206 Å². The summed E-state index contributed by atoms with van der Waals surface area (Å²) in [5.74, 6) is 7.24. The van der Waals surface area contributed by atoms with Gasteiger partial charge in [-0.2, -0.15) is 0 Å². The first-order valence-corrected chi connectivity index (χ1v) is 19.6. The molecule has 8 aromatic rings. The van der Waals surface area contributed by atoms with Crippen LogP contribution in [0.25, 0.3) is 60.5 Å². The first-order valence-electron chi connectivity index (χ1n) is 19.6. The number of allylic oxidation sites excluding steroid dienone is 8. The summed E-state index contributed by atoms with van der Waals surface area (Å²) in [5.41, 5.74) is 13.2. The molecule has 56 heavy (non-hydrogen) atoms. The summed E-state index contributed by atoms with van der Waals surface area (Å²) >= 11 is 0. The predicted octanol–water partition coefficient (Wildman–Crippen LogP) is 14.4. The van der Waals surface area contributed by atoms with Crippen LogP contribution in [0, 0.1) is 17.8 Å². The predicted molar refractivity (Wildman–Crippen MR) is 238 cm³/mol. The zero-order valence-electron chi connectivity index (χ0n) is 31.1. The Labute approximate surface area is 328 Å². The van der Waals surface area contributed by atoms with Gasteiger partial charge in [-0.3, -0.25) is 0 Å². The maximum atomic E-state index is 3.55. The van der Waals surface area contributed by atoms with Crippen LogP contribution in [0.5, 0.6) is 0 Å². The van der Waals surface area contributed by atoms with Crippen molar-refractivity contribution >= 4 is 55.3 Å². The SMILES string of the molecule is C1#CC/C(n2c3ccccc3c3c4ccccc4c(N(c4ccccc4)c4ccc(-c5ccc(-c6ccccc6)cc5)cc4)cc32)=C(C2C=CC=CC2)\C=C/C1. The Morgan fingerprint density at radius 3 is 1.84 bits per heavy atom. The highest BCUT2D eigenvalue weighted by molar-refractivity contribution is 6.25. The summed E-state index contributed by atoms with van der Waals surface area (Å²) < 4.78 is 2.53. The van der Waals surface area contributed by atoms with Gasteiger partial charge in [0.05, 0.1) is 23.1 Å². The van der Waals surface area contributed by atoms with E-state index in [1.54, 1.807) is 0 Å². The van der Waals surface area contributed by atoms with E-state index in [9.17, 15) is 0 Å². The number of hydrogen-bond donors (Lipinski definition) is 0. The standard InChI is InChI=1S/C54H40N2/c1-2-13-28-50(46(24-12-1)43-20-8-4-9-21-43)56-51-29-17-16-27-49(51)54-48-26-15-14-25-47(48)52(38-53(54)56)55(44-22-10-5-11-23-44)45-36-34-42(35-37-45)41-32-30-40(31-33-41)39-18-6-3-7-19-39/h3-12,14-20,22-27,29-38,43H,1,21,28H2/b24-12-,50-46-. The third-order valence-electron chi connectivity index (χ3n) is 11.2.